The highest BCUT2D eigenvalue weighted by molar-refractivity contribution is 7.11. The lowest BCUT2D eigenvalue weighted by molar-refractivity contribution is 0.0957. The molecule has 0 unspecified atom stereocenters. The molecule has 0 aliphatic rings. The van der Waals surface area contributed by atoms with Gasteiger partial charge in [-0.1, -0.05) is 0 Å². The molecule has 4 nitrogen and oxygen atoms in total. The fraction of sp³-hybridized carbons (Fsp3) is 0.375. The number of nitriles is 1. The summed E-state index contributed by atoms with van der Waals surface area (Å²) >= 11 is 1.31. The highest BCUT2D eigenvalue weighted by Crippen LogP contribution is 2.04. The summed E-state index contributed by atoms with van der Waals surface area (Å²) in [5.41, 5.74) is 1.62. The summed E-state index contributed by atoms with van der Waals surface area (Å²) in [5.74, 6) is -0.111. The van der Waals surface area contributed by atoms with Crippen molar-refractivity contribution in [2.75, 3.05) is 6.54 Å². The monoisotopic (exact) mass is 195 g/mol. The van der Waals surface area contributed by atoms with Gasteiger partial charge in [-0.05, 0) is 6.42 Å². The molecule has 0 atom stereocenters. The third-order valence-corrected chi connectivity index (χ3v) is 2.18. The van der Waals surface area contributed by atoms with Crippen LogP contribution in [0.1, 0.15) is 22.5 Å². The van der Waals surface area contributed by atoms with Crippen molar-refractivity contribution in [3.8, 4) is 6.07 Å². The van der Waals surface area contributed by atoms with Gasteiger partial charge in [-0.25, -0.2) is 0 Å². The Balaban J connectivity index is 2.24. The van der Waals surface area contributed by atoms with Crippen molar-refractivity contribution in [2.45, 2.75) is 12.8 Å². The van der Waals surface area contributed by atoms with Gasteiger partial charge in [0.05, 0.1) is 17.8 Å². The van der Waals surface area contributed by atoms with Crippen molar-refractivity contribution >= 4 is 17.2 Å². The van der Waals surface area contributed by atoms with E-state index in [2.05, 4.69) is 10.3 Å². The van der Waals surface area contributed by atoms with Gasteiger partial charge in [0.15, 0.2) is 0 Å². The Morgan fingerprint density at radius 3 is 3.23 bits per heavy atom. The first-order chi connectivity index (χ1) is 6.34. The SMILES string of the molecule is N#CCCCNC(=O)c1cncs1. The van der Waals surface area contributed by atoms with Crippen LogP contribution in [0.5, 0.6) is 0 Å². The topological polar surface area (TPSA) is 65.8 Å². The van der Waals surface area contributed by atoms with Crippen LogP contribution in [0, 0.1) is 11.3 Å². The quantitative estimate of drug-likeness (QED) is 0.733. The van der Waals surface area contributed by atoms with Crippen LogP contribution >= 0.6 is 11.3 Å². The summed E-state index contributed by atoms with van der Waals surface area (Å²) in [5, 5.41) is 10.9. The van der Waals surface area contributed by atoms with Crippen LogP contribution in [-0.4, -0.2) is 17.4 Å². The third kappa shape index (κ3) is 3.22. The number of nitrogens with zero attached hydrogens (tertiary/aromatic N) is 2. The first kappa shape index (κ1) is 9.68. The van der Waals surface area contributed by atoms with Crippen LogP contribution in [0.2, 0.25) is 0 Å². The molecule has 0 spiro atoms. The second-order valence-corrected chi connectivity index (χ2v) is 3.27. The zero-order valence-corrected chi connectivity index (χ0v) is 7.80. The van der Waals surface area contributed by atoms with E-state index in [4.69, 9.17) is 5.26 Å². The number of thiazole rings is 1. The largest absolute Gasteiger partial charge is 0.351 e. The number of hydrogen-bond acceptors (Lipinski definition) is 4. The maximum Gasteiger partial charge on any atom is 0.262 e. The van der Waals surface area contributed by atoms with Crippen molar-refractivity contribution in [2.24, 2.45) is 0 Å². The molecular weight excluding hydrogens is 186 g/mol. The Labute approximate surface area is 80.2 Å². The fourth-order valence-corrected chi connectivity index (χ4v) is 1.32. The lowest BCUT2D eigenvalue weighted by Gasteiger charge is -1.99. The zero-order valence-electron chi connectivity index (χ0n) is 6.99. The summed E-state index contributed by atoms with van der Waals surface area (Å²) in [4.78, 5) is 15.6. The molecule has 0 saturated heterocycles. The van der Waals surface area contributed by atoms with Crippen LogP contribution in [-0.2, 0) is 0 Å². The number of carbonyl (C=O) groups is 1. The zero-order chi connectivity index (χ0) is 9.52. The number of aromatic nitrogens is 1. The van der Waals surface area contributed by atoms with E-state index in [1.165, 1.54) is 17.5 Å². The second kappa shape index (κ2) is 5.27. The average Bonchev–Trinajstić information content (AvgIpc) is 2.65. The molecule has 13 heavy (non-hydrogen) atoms. The van der Waals surface area contributed by atoms with Gasteiger partial charge in [0.1, 0.15) is 4.88 Å². The normalized spacial score (nSPS) is 9.15. The maximum absolute atomic E-state index is 11.2. The number of rotatable bonds is 4. The molecule has 1 rings (SSSR count). The van der Waals surface area contributed by atoms with Gasteiger partial charge in [-0.2, -0.15) is 5.26 Å². The minimum absolute atomic E-state index is 0.111. The van der Waals surface area contributed by atoms with Crippen LogP contribution in [0.15, 0.2) is 11.7 Å². The minimum atomic E-state index is -0.111. The van der Waals surface area contributed by atoms with Gasteiger partial charge < -0.3 is 5.32 Å². The molecule has 0 radical (unpaired) electrons. The van der Waals surface area contributed by atoms with Gasteiger partial charge in [-0.3, -0.25) is 9.78 Å². The van der Waals surface area contributed by atoms with E-state index in [0.29, 0.717) is 24.3 Å². The van der Waals surface area contributed by atoms with Crippen molar-refractivity contribution in [1.82, 2.24) is 10.3 Å². The molecule has 0 fully saturated rings. The molecule has 1 aromatic heterocycles. The molecule has 1 aromatic rings. The number of hydrogen-bond donors (Lipinski definition) is 1. The van der Waals surface area contributed by atoms with E-state index in [9.17, 15) is 4.79 Å². The number of carbonyl (C=O) groups excluding carboxylic acids is 1. The summed E-state index contributed by atoms with van der Waals surface area (Å²) in [7, 11) is 0. The van der Waals surface area contributed by atoms with E-state index < -0.39 is 0 Å². The molecule has 1 N–H and O–H groups in total. The lowest BCUT2D eigenvalue weighted by atomic mass is 10.3. The second-order valence-electron chi connectivity index (χ2n) is 2.38. The predicted octanol–water partition coefficient (Wildman–Crippen LogP) is 1.18. The van der Waals surface area contributed by atoms with Crippen molar-refractivity contribution in [1.29, 1.82) is 5.26 Å². The third-order valence-electron chi connectivity index (χ3n) is 1.41. The van der Waals surface area contributed by atoms with E-state index in [-0.39, 0.29) is 5.91 Å². The molecule has 1 amide bonds. The Bertz CT molecular complexity index is 302. The van der Waals surface area contributed by atoms with Gasteiger partial charge in [0, 0.05) is 13.0 Å². The maximum atomic E-state index is 11.2. The van der Waals surface area contributed by atoms with E-state index >= 15 is 0 Å². The van der Waals surface area contributed by atoms with Crippen LogP contribution in [0.4, 0.5) is 0 Å². The first-order valence-electron chi connectivity index (χ1n) is 3.88. The standard InChI is InChI=1S/C8H9N3OS/c9-3-1-2-4-11-8(12)7-5-10-6-13-7/h5-6H,1-2,4H2,(H,11,12). The highest BCUT2D eigenvalue weighted by atomic mass is 32.1. The molecule has 0 aromatic carbocycles. The fourth-order valence-electron chi connectivity index (χ4n) is 0.784. The molecule has 0 aliphatic carbocycles. The molecule has 1 heterocycles. The molecule has 0 saturated carbocycles. The van der Waals surface area contributed by atoms with Gasteiger partial charge in [0.2, 0.25) is 0 Å². The average molecular weight is 195 g/mol. The van der Waals surface area contributed by atoms with E-state index in [1.807, 2.05) is 6.07 Å². The van der Waals surface area contributed by atoms with Crippen molar-refractivity contribution < 1.29 is 4.79 Å². The molecular formula is C8H9N3OS. The van der Waals surface area contributed by atoms with Crippen LogP contribution in [0.3, 0.4) is 0 Å². The van der Waals surface area contributed by atoms with E-state index in [0.717, 1.165) is 0 Å². The summed E-state index contributed by atoms with van der Waals surface area (Å²) in [6, 6.07) is 2.02. The van der Waals surface area contributed by atoms with Gasteiger partial charge >= 0.3 is 0 Å². The van der Waals surface area contributed by atoms with Gasteiger partial charge in [-0.15, -0.1) is 11.3 Å². The molecule has 0 bridgehead atoms. The summed E-state index contributed by atoms with van der Waals surface area (Å²) in [6.45, 7) is 0.546. The van der Waals surface area contributed by atoms with Crippen molar-refractivity contribution in [3.63, 3.8) is 0 Å². The van der Waals surface area contributed by atoms with E-state index in [1.54, 1.807) is 5.51 Å². The molecule has 68 valence electrons. The Morgan fingerprint density at radius 2 is 2.62 bits per heavy atom. The van der Waals surface area contributed by atoms with Crippen molar-refractivity contribution in [3.05, 3.63) is 16.6 Å². The summed E-state index contributed by atoms with van der Waals surface area (Å²) < 4.78 is 0. The number of unbranched alkanes of at least 4 members (excludes halogenated alkanes) is 1. The minimum Gasteiger partial charge on any atom is -0.351 e. The van der Waals surface area contributed by atoms with Crippen LogP contribution in [0.25, 0.3) is 0 Å². The number of nitrogens with one attached hydrogen (secondary N) is 1. The summed E-state index contributed by atoms with van der Waals surface area (Å²) in [6.07, 6.45) is 2.70. The smallest absolute Gasteiger partial charge is 0.262 e. The number of amides is 1. The molecule has 0 aliphatic heterocycles. The predicted molar refractivity (Wildman–Crippen MR) is 49.3 cm³/mol. The first-order valence-corrected chi connectivity index (χ1v) is 4.76. The Kier molecular flexibility index (Phi) is 3.93. The Morgan fingerprint density at radius 1 is 1.77 bits per heavy atom. The lowest BCUT2D eigenvalue weighted by Crippen LogP contribution is -2.23. The van der Waals surface area contributed by atoms with Crippen LogP contribution < -0.4 is 5.32 Å². The highest BCUT2D eigenvalue weighted by Gasteiger charge is 2.04. The van der Waals surface area contributed by atoms with Gasteiger partial charge in [0.25, 0.3) is 5.91 Å². The Hall–Kier alpha value is -1.41. The molecule has 5 heteroatoms.